The third-order valence-corrected chi connectivity index (χ3v) is 8.14. The predicted molar refractivity (Wildman–Crippen MR) is 151 cm³/mol. The number of piperidine rings is 2. The second-order valence-electron chi connectivity index (χ2n) is 11.1. The number of aromatic nitrogens is 4. The van der Waals surface area contributed by atoms with Crippen LogP contribution < -0.4 is 10.3 Å². The van der Waals surface area contributed by atoms with Crippen LogP contribution in [0.1, 0.15) is 36.0 Å². The summed E-state index contributed by atoms with van der Waals surface area (Å²) in [7, 11) is 2.11. The molecule has 11 heteroatoms. The molecule has 2 aromatic heterocycles. The molecule has 2 aliphatic rings. The Morgan fingerprint density at radius 1 is 1.05 bits per heavy atom. The van der Waals surface area contributed by atoms with Crippen LogP contribution in [-0.4, -0.2) is 85.1 Å². The molecule has 4 heterocycles. The highest BCUT2D eigenvalue weighted by atomic mass is 19.1. The van der Waals surface area contributed by atoms with Crippen LogP contribution in [0.5, 0.6) is 5.75 Å². The highest BCUT2D eigenvalue weighted by molar-refractivity contribution is 5.94. The van der Waals surface area contributed by atoms with Crippen molar-refractivity contribution < 1.29 is 19.0 Å². The van der Waals surface area contributed by atoms with Gasteiger partial charge in [0.25, 0.3) is 11.5 Å². The summed E-state index contributed by atoms with van der Waals surface area (Å²) in [5, 5.41) is 15.9. The number of hydrogen-bond acceptors (Lipinski definition) is 7. The number of likely N-dealkylation sites (tertiary alicyclic amines) is 2. The first kappa shape index (κ1) is 27.1. The van der Waals surface area contributed by atoms with Crippen molar-refractivity contribution in [3.63, 3.8) is 0 Å². The van der Waals surface area contributed by atoms with Gasteiger partial charge in [-0.1, -0.05) is 0 Å². The number of ether oxygens (including phenoxy) is 1. The van der Waals surface area contributed by atoms with Crippen LogP contribution in [0.15, 0.2) is 65.8 Å². The van der Waals surface area contributed by atoms with E-state index in [1.165, 1.54) is 33.9 Å². The van der Waals surface area contributed by atoms with Gasteiger partial charge in [-0.05, 0) is 81.3 Å². The number of hydrogen-bond donors (Lipinski definition) is 1. The molecular formula is C30H33FN6O4. The van der Waals surface area contributed by atoms with Gasteiger partial charge in [0, 0.05) is 31.7 Å². The maximum atomic E-state index is 13.3. The fourth-order valence-corrected chi connectivity index (χ4v) is 5.59. The number of benzene rings is 2. The maximum Gasteiger partial charge on any atom is 0.264 e. The van der Waals surface area contributed by atoms with E-state index in [9.17, 15) is 19.1 Å². The van der Waals surface area contributed by atoms with Crippen molar-refractivity contribution in [1.29, 1.82) is 0 Å². The number of carbonyl (C=O) groups excluding carboxylic acids is 1. The summed E-state index contributed by atoms with van der Waals surface area (Å²) in [4.78, 5) is 34.8. The minimum atomic E-state index is -1.16. The Morgan fingerprint density at radius 2 is 1.73 bits per heavy atom. The normalized spacial score (nSPS) is 18.1. The molecule has 214 valence electrons. The highest BCUT2D eigenvalue weighted by Crippen LogP contribution is 2.26. The van der Waals surface area contributed by atoms with Crippen LogP contribution in [-0.2, 0) is 6.54 Å². The molecule has 0 atom stereocenters. The van der Waals surface area contributed by atoms with Crippen molar-refractivity contribution in [3.05, 3.63) is 82.8 Å². The van der Waals surface area contributed by atoms with Gasteiger partial charge in [0.05, 0.1) is 24.0 Å². The lowest BCUT2D eigenvalue weighted by molar-refractivity contribution is -0.0299. The van der Waals surface area contributed by atoms with E-state index in [1.54, 1.807) is 29.2 Å². The smallest absolute Gasteiger partial charge is 0.264 e. The molecule has 10 nitrogen and oxygen atoms in total. The fraction of sp³-hybridized carbons (Fsp3) is 0.400. The minimum absolute atomic E-state index is 0.0571. The average Bonchev–Trinajstić information content (AvgIpc) is 3.42. The van der Waals surface area contributed by atoms with Gasteiger partial charge in [0.1, 0.15) is 29.4 Å². The predicted octanol–water partition coefficient (Wildman–Crippen LogP) is 2.86. The van der Waals surface area contributed by atoms with Gasteiger partial charge in [-0.25, -0.2) is 14.1 Å². The van der Waals surface area contributed by atoms with Gasteiger partial charge in [0.15, 0.2) is 5.65 Å². The molecule has 4 aromatic rings. The standard InChI is InChI=1S/C30H33FN6O4/c1-34-14-10-25(11-15-34)41-24-8-2-21(3-9-24)28(38)35-16-12-30(40,13-17-35)19-36-20-32-27-26(29(36)39)18-33-37(27)23-6-4-22(31)5-7-23/h2-9,18,20,25,40H,10-17,19H2,1H3. The summed E-state index contributed by atoms with van der Waals surface area (Å²) in [6, 6.07) is 13.0. The third kappa shape index (κ3) is 5.73. The number of aliphatic hydroxyl groups is 1. The first-order chi connectivity index (χ1) is 19.8. The van der Waals surface area contributed by atoms with E-state index in [-0.39, 0.29) is 29.9 Å². The van der Waals surface area contributed by atoms with Gasteiger partial charge in [-0.3, -0.25) is 14.2 Å². The van der Waals surface area contributed by atoms with Crippen molar-refractivity contribution in [2.75, 3.05) is 33.2 Å². The third-order valence-electron chi connectivity index (χ3n) is 8.14. The fourth-order valence-electron chi connectivity index (χ4n) is 5.59. The molecule has 2 fully saturated rings. The van der Waals surface area contributed by atoms with Gasteiger partial charge in [-0.2, -0.15) is 5.10 Å². The van der Waals surface area contributed by atoms with Crippen molar-refractivity contribution in [2.45, 2.75) is 43.9 Å². The van der Waals surface area contributed by atoms with Crippen molar-refractivity contribution in [2.24, 2.45) is 0 Å². The Hall–Kier alpha value is -4.09. The van der Waals surface area contributed by atoms with Crippen LogP contribution >= 0.6 is 0 Å². The first-order valence-electron chi connectivity index (χ1n) is 13.9. The number of rotatable bonds is 6. The van der Waals surface area contributed by atoms with Crippen LogP contribution in [0.4, 0.5) is 4.39 Å². The molecule has 0 aliphatic carbocycles. The van der Waals surface area contributed by atoms with E-state index < -0.39 is 5.60 Å². The van der Waals surface area contributed by atoms with E-state index in [4.69, 9.17) is 4.74 Å². The molecule has 0 radical (unpaired) electrons. The summed E-state index contributed by atoms with van der Waals surface area (Å²) in [6.45, 7) is 2.84. The van der Waals surface area contributed by atoms with E-state index in [2.05, 4.69) is 22.0 Å². The molecule has 41 heavy (non-hydrogen) atoms. The highest BCUT2D eigenvalue weighted by Gasteiger charge is 2.35. The van der Waals surface area contributed by atoms with Crippen molar-refractivity contribution in [3.8, 4) is 11.4 Å². The molecule has 6 rings (SSSR count). The van der Waals surface area contributed by atoms with Gasteiger partial charge < -0.3 is 19.6 Å². The Labute approximate surface area is 236 Å². The van der Waals surface area contributed by atoms with Crippen LogP contribution in [0, 0.1) is 5.82 Å². The Bertz CT molecular complexity index is 1580. The molecule has 0 unspecified atom stereocenters. The SMILES string of the molecule is CN1CCC(Oc2ccc(C(=O)N3CCC(O)(Cn4cnc5c(cnn5-c5ccc(F)cc5)c4=O)CC3)cc2)CC1. The van der Waals surface area contributed by atoms with Crippen molar-refractivity contribution >= 4 is 16.9 Å². The molecule has 0 bridgehead atoms. The molecule has 2 aliphatic heterocycles. The van der Waals surface area contributed by atoms with Gasteiger partial charge >= 0.3 is 0 Å². The average molecular weight is 561 g/mol. The largest absolute Gasteiger partial charge is 0.490 e. The minimum Gasteiger partial charge on any atom is -0.490 e. The second-order valence-corrected chi connectivity index (χ2v) is 11.1. The quantitative estimate of drug-likeness (QED) is 0.387. The molecule has 2 saturated heterocycles. The van der Waals surface area contributed by atoms with E-state index >= 15 is 0 Å². The Kier molecular flexibility index (Phi) is 7.31. The summed E-state index contributed by atoms with van der Waals surface area (Å²) < 4.78 is 22.3. The number of amides is 1. The van der Waals surface area contributed by atoms with E-state index in [1.807, 2.05) is 12.1 Å². The maximum absolute atomic E-state index is 13.3. The monoisotopic (exact) mass is 560 g/mol. The van der Waals surface area contributed by atoms with Crippen LogP contribution in [0.2, 0.25) is 0 Å². The zero-order valence-corrected chi connectivity index (χ0v) is 22.9. The topological polar surface area (TPSA) is 106 Å². The Morgan fingerprint density at radius 3 is 2.41 bits per heavy atom. The molecule has 0 saturated carbocycles. The van der Waals surface area contributed by atoms with E-state index in [0.29, 0.717) is 48.2 Å². The Balaban J connectivity index is 1.08. The molecule has 1 N–H and O–H groups in total. The molecule has 1 amide bonds. The summed E-state index contributed by atoms with van der Waals surface area (Å²) in [6.07, 6.45) is 5.66. The summed E-state index contributed by atoms with van der Waals surface area (Å²) >= 11 is 0. The molecule has 2 aromatic carbocycles. The van der Waals surface area contributed by atoms with Crippen LogP contribution in [0.3, 0.4) is 0 Å². The van der Waals surface area contributed by atoms with Crippen molar-refractivity contribution in [1.82, 2.24) is 29.1 Å². The number of halogens is 1. The van der Waals surface area contributed by atoms with Gasteiger partial charge in [0.2, 0.25) is 0 Å². The van der Waals surface area contributed by atoms with Crippen LogP contribution in [0.25, 0.3) is 16.7 Å². The molecular weight excluding hydrogens is 527 g/mol. The number of nitrogens with zero attached hydrogens (tertiary/aromatic N) is 6. The zero-order chi connectivity index (χ0) is 28.6. The molecule has 0 spiro atoms. The second kappa shape index (κ2) is 11.1. The lowest BCUT2D eigenvalue weighted by Gasteiger charge is -2.38. The number of fused-ring (bicyclic) bond motifs is 1. The first-order valence-corrected chi connectivity index (χ1v) is 13.9. The van der Waals surface area contributed by atoms with Gasteiger partial charge in [-0.15, -0.1) is 0 Å². The lowest BCUT2D eigenvalue weighted by Crippen LogP contribution is -2.49. The summed E-state index contributed by atoms with van der Waals surface area (Å²) in [5.41, 5.74) is 0.0384. The number of carbonyl (C=O) groups is 1. The lowest BCUT2D eigenvalue weighted by atomic mass is 9.91. The zero-order valence-electron chi connectivity index (χ0n) is 22.9. The summed E-state index contributed by atoms with van der Waals surface area (Å²) in [5.74, 6) is 0.307. The van der Waals surface area contributed by atoms with E-state index in [0.717, 1.165) is 31.7 Å².